The lowest BCUT2D eigenvalue weighted by molar-refractivity contribution is -0.122. The third-order valence-electron chi connectivity index (χ3n) is 5.64. The quantitative estimate of drug-likeness (QED) is 0.282. The van der Waals surface area contributed by atoms with Gasteiger partial charge in [-0.25, -0.2) is 4.98 Å². The summed E-state index contributed by atoms with van der Waals surface area (Å²) in [5, 5.41) is 12.3. The lowest BCUT2D eigenvalue weighted by atomic mass is 10.2. The zero-order chi connectivity index (χ0) is 24.5. The number of nitrogens with one attached hydrogen (secondary N) is 1. The molecule has 11 heteroatoms. The summed E-state index contributed by atoms with van der Waals surface area (Å²) in [7, 11) is 0. The molecule has 0 saturated carbocycles. The van der Waals surface area contributed by atoms with Crippen molar-refractivity contribution in [3.05, 3.63) is 68.5 Å². The number of carbonyl (C=O) groups is 1. The summed E-state index contributed by atoms with van der Waals surface area (Å²) in [6.45, 7) is 2.75. The van der Waals surface area contributed by atoms with Crippen LogP contribution in [0.3, 0.4) is 0 Å². The van der Waals surface area contributed by atoms with Crippen molar-refractivity contribution in [2.24, 2.45) is 0 Å². The van der Waals surface area contributed by atoms with Gasteiger partial charge in [0.25, 0.3) is 11.5 Å². The number of ether oxygens (including phenoxy) is 2. The molecule has 35 heavy (non-hydrogen) atoms. The number of aliphatic hydroxyl groups is 1. The molecule has 0 bridgehead atoms. The highest BCUT2D eigenvalue weighted by molar-refractivity contribution is 8.26. The van der Waals surface area contributed by atoms with Gasteiger partial charge in [-0.3, -0.25) is 18.9 Å². The molecule has 180 valence electrons. The molecule has 9 nitrogen and oxygen atoms in total. The first-order valence-electron chi connectivity index (χ1n) is 11.0. The maximum atomic E-state index is 13.4. The molecule has 0 radical (unpaired) electrons. The minimum atomic E-state index is -0.300. The Kier molecular flexibility index (Phi) is 6.46. The number of anilines is 1. The highest BCUT2D eigenvalue weighted by atomic mass is 32.2. The van der Waals surface area contributed by atoms with E-state index in [0.29, 0.717) is 45.2 Å². The van der Waals surface area contributed by atoms with Crippen LogP contribution in [0.2, 0.25) is 0 Å². The first-order valence-corrected chi connectivity index (χ1v) is 12.2. The number of hydrogen-bond acceptors (Lipinski definition) is 9. The van der Waals surface area contributed by atoms with Crippen LogP contribution in [-0.4, -0.2) is 49.6 Å². The lowest BCUT2D eigenvalue weighted by Gasteiger charge is -2.15. The smallest absolute Gasteiger partial charge is 0.267 e. The molecule has 5 rings (SSSR count). The van der Waals surface area contributed by atoms with E-state index in [1.54, 1.807) is 24.4 Å². The van der Waals surface area contributed by atoms with Crippen LogP contribution in [-0.2, 0) is 11.3 Å². The number of aryl methyl sites for hydroxylation is 1. The molecule has 2 aliphatic rings. The number of fused-ring (bicyclic) bond motifs is 2. The third-order valence-corrected chi connectivity index (χ3v) is 7.02. The van der Waals surface area contributed by atoms with E-state index < -0.39 is 0 Å². The normalized spacial score (nSPS) is 16.1. The molecule has 2 aromatic heterocycles. The summed E-state index contributed by atoms with van der Waals surface area (Å²) < 4.78 is 12.6. The van der Waals surface area contributed by atoms with Crippen LogP contribution in [0.25, 0.3) is 11.7 Å². The number of hydrogen-bond donors (Lipinski definition) is 2. The number of rotatable bonds is 7. The van der Waals surface area contributed by atoms with E-state index in [2.05, 4.69) is 10.3 Å². The van der Waals surface area contributed by atoms with Crippen molar-refractivity contribution in [2.75, 3.05) is 25.3 Å². The predicted molar refractivity (Wildman–Crippen MR) is 138 cm³/mol. The van der Waals surface area contributed by atoms with Crippen LogP contribution in [0.15, 0.2) is 46.2 Å². The van der Waals surface area contributed by atoms with Gasteiger partial charge < -0.3 is 19.9 Å². The Bertz CT molecular complexity index is 1440. The highest BCUT2D eigenvalue weighted by Crippen LogP contribution is 2.36. The maximum Gasteiger partial charge on any atom is 0.267 e. The molecule has 0 aliphatic carbocycles. The molecule has 1 aromatic carbocycles. The van der Waals surface area contributed by atoms with Gasteiger partial charge in [-0.2, -0.15) is 0 Å². The Labute approximate surface area is 210 Å². The van der Waals surface area contributed by atoms with E-state index in [1.807, 2.05) is 25.1 Å². The van der Waals surface area contributed by atoms with Crippen molar-refractivity contribution < 1.29 is 19.4 Å². The van der Waals surface area contributed by atoms with Gasteiger partial charge in [0.15, 0.2) is 11.5 Å². The largest absolute Gasteiger partial charge is 0.454 e. The second-order valence-electron chi connectivity index (χ2n) is 8.02. The number of aromatic nitrogens is 2. The molecule has 0 spiro atoms. The fraction of sp³-hybridized carbons (Fsp3) is 0.250. The summed E-state index contributed by atoms with van der Waals surface area (Å²) >= 11 is 6.63. The van der Waals surface area contributed by atoms with Crippen LogP contribution >= 0.6 is 24.0 Å². The Hall–Kier alpha value is -3.41. The summed E-state index contributed by atoms with van der Waals surface area (Å²) in [5.74, 6) is 1.37. The minimum Gasteiger partial charge on any atom is -0.454 e. The van der Waals surface area contributed by atoms with Crippen LogP contribution in [0, 0.1) is 6.92 Å². The van der Waals surface area contributed by atoms with Crippen molar-refractivity contribution in [1.29, 1.82) is 0 Å². The lowest BCUT2D eigenvalue weighted by Crippen LogP contribution is -2.27. The maximum absolute atomic E-state index is 13.4. The van der Waals surface area contributed by atoms with Gasteiger partial charge >= 0.3 is 0 Å². The third kappa shape index (κ3) is 4.49. The van der Waals surface area contributed by atoms with Crippen LogP contribution in [0.5, 0.6) is 11.5 Å². The van der Waals surface area contributed by atoms with Gasteiger partial charge in [-0.05, 0) is 48.7 Å². The fourth-order valence-corrected chi connectivity index (χ4v) is 5.09. The van der Waals surface area contributed by atoms with Gasteiger partial charge in [0.1, 0.15) is 15.8 Å². The summed E-state index contributed by atoms with van der Waals surface area (Å²) in [6, 6.07) is 9.15. The first-order chi connectivity index (χ1) is 17.0. The first kappa shape index (κ1) is 23.3. The number of carbonyl (C=O) groups excluding carboxylic acids is 1. The number of thioether (sulfide) groups is 1. The number of pyridine rings is 1. The zero-order valence-corrected chi connectivity index (χ0v) is 20.4. The molecule has 0 atom stereocenters. The topological polar surface area (TPSA) is 105 Å². The van der Waals surface area contributed by atoms with Crippen LogP contribution in [0.4, 0.5) is 5.82 Å². The molecule has 1 amide bonds. The van der Waals surface area contributed by atoms with E-state index >= 15 is 0 Å². The Morgan fingerprint density at radius 3 is 2.91 bits per heavy atom. The van der Waals surface area contributed by atoms with E-state index in [4.69, 9.17) is 26.8 Å². The van der Waals surface area contributed by atoms with Crippen LogP contribution < -0.4 is 20.3 Å². The van der Waals surface area contributed by atoms with Gasteiger partial charge in [0.2, 0.25) is 6.79 Å². The molecular formula is C24H22N4O5S2. The van der Waals surface area contributed by atoms with Crippen molar-refractivity contribution >= 4 is 51.7 Å². The summed E-state index contributed by atoms with van der Waals surface area (Å²) in [6.07, 6.45) is 3.69. The predicted octanol–water partition coefficient (Wildman–Crippen LogP) is 2.93. The summed E-state index contributed by atoms with van der Waals surface area (Å²) in [4.78, 5) is 33.1. The average molecular weight is 511 g/mol. The molecule has 1 saturated heterocycles. The molecule has 2 N–H and O–H groups in total. The van der Waals surface area contributed by atoms with E-state index in [0.717, 1.165) is 22.9 Å². The van der Waals surface area contributed by atoms with E-state index in [9.17, 15) is 9.59 Å². The molecule has 3 aromatic rings. The second kappa shape index (κ2) is 9.68. The molecule has 4 heterocycles. The molecule has 2 aliphatic heterocycles. The monoisotopic (exact) mass is 510 g/mol. The highest BCUT2D eigenvalue weighted by Gasteiger charge is 2.33. The molecule has 0 unspecified atom stereocenters. The molecular weight excluding hydrogens is 488 g/mol. The van der Waals surface area contributed by atoms with Gasteiger partial charge in [0.05, 0.1) is 17.0 Å². The Balaban J connectivity index is 1.49. The average Bonchev–Trinajstić information content (AvgIpc) is 3.41. The van der Waals surface area contributed by atoms with Gasteiger partial charge in [-0.15, -0.1) is 0 Å². The van der Waals surface area contributed by atoms with Crippen molar-refractivity contribution in [3.8, 4) is 11.5 Å². The second-order valence-corrected chi connectivity index (χ2v) is 9.70. The van der Waals surface area contributed by atoms with Crippen molar-refractivity contribution in [3.63, 3.8) is 0 Å². The summed E-state index contributed by atoms with van der Waals surface area (Å²) in [5.41, 5.74) is 2.18. The fourth-order valence-electron chi connectivity index (χ4n) is 3.85. The molecule has 1 fully saturated rings. The van der Waals surface area contributed by atoms with Crippen molar-refractivity contribution in [2.45, 2.75) is 19.9 Å². The Morgan fingerprint density at radius 2 is 2.09 bits per heavy atom. The van der Waals surface area contributed by atoms with Gasteiger partial charge in [-0.1, -0.05) is 36.1 Å². The standard InChI is InChI=1S/C24H22N4O5S2/c1-14-4-2-8-27-21(14)26-20(25-7-3-9-29)16(22(27)30)11-19-23(31)28(24(34)35-19)12-15-5-6-17-18(10-15)33-13-32-17/h2,4-6,8,10-11,25,29H,3,7,9,12-13H2,1H3. The number of benzene rings is 1. The van der Waals surface area contributed by atoms with Crippen LogP contribution in [0.1, 0.15) is 23.1 Å². The number of amides is 1. The number of aliphatic hydroxyl groups excluding tert-OH is 1. The van der Waals surface area contributed by atoms with E-state index in [1.165, 1.54) is 9.30 Å². The SMILES string of the molecule is Cc1cccn2c(=O)c(C=C3SC(=S)N(Cc4ccc5c(c4)OCO5)C3=O)c(NCCCO)nc12. The number of nitrogens with zero attached hydrogens (tertiary/aromatic N) is 3. The van der Waals surface area contributed by atoms with Crippen molar-refractivity contribution in [1.82, 2.24) is 14.3 Å². The minimum absolute atomic E-state index is 0.00639. The Morgan fingerprint density at radius 1 is 1.26 bits per heavy atom. The van der Waals surface area contributed by atoms with Gasteiger partial charge in [0, 0.05) is 19.3 Å². The number of thiocarbonyl (C=S) groups is 1. The van der Waals surface area contributed by atoms with E-state index in [-0.39, 0.29) is 37.0 Å². The zero-order valence-electron chi connectivity index (χ0n) is 18.8.